The van der Waals surface area contributed by atoms with Gasteiger partial charge in [0.1, 0.15) is 6.04 Å². The van der Waals surface area contributed by atoms with Crippen molar-refractivity contribution in [2.24, 2.45) is 5.92 Å². The Balaban J connectivity index is 1.44. The average Bonchev–Trinajstić information content (AvgIpc) is 3.59. The number of carbonyl (C=O) groups excluding carboxylic acids is 2. The van der Waals surface area contributed by atoms with Crippen molar-refractivity contribution in [2.45, 2.75) is 50.7 Å². The van der Waals surface area contributed by atoms with Crippen LogP contribution in [0.15, 0.2) is 48.7 Å². The molecule has 0 radical (unpaired) electrons. The predicted octanol–water partition coefficient (Wildman–Crippen LogP) is 3.41. The summed E-state index contributed by atoms with van der Waals surface area (Å²) >= 11 is 0. The zero-order valence-electron chi connectivity index (χ0n) is 21.0. The lowest BCUT2D eigenvalue weighted by atomic mass is 9.90. The maximum atomic E-state index is 14.0. The molecule has 0 spiro atoms. The molecule has 190 valence electrons. The van der Waals surface area contributed by atoms with Gasteiger partial charge in [0.25, 0.3) is 0 Å². The molecule has 2 aliphatic rings. The topological polar surface area (TPSA) is 99.4 Å². The summed E-state index contributed by atoms with van der Waals surface area (Å²) in [6, 6.07) is 13.3. The van der Waals surface area contributed by atoms with E-state index in [-0.39, 0.29) is 29.8 Å². The maximum Gasteiger partial charge on any atom is 0.246 e. The number of hydrogen-bond acceptors (Lipinski definition) is 5. The maximum absolute atomic E-state index is 14.0. The molecule has 0 aliphatic carbocycles. The van der Waals surface area contributed by atoms with Crippen LogP contribution in [0.1, 0.15) is 44.3 Å². The largest absolute Gasteiger partial charge is 0.381 e. The van der Waals surface area contributed by atoms with E-state index in [0.29, 0.717) is 19.8 Å². The lowest BCUT2D eigenvalue weighted by Gasteiger charge is -2.35. The summed E-state index contributed by atoms with van der Waals surface area (Å²) in [5.74, 6) is -0.0829. The van der Waals surface area contributed by atoms with Crippen LogP contribution in [-0.2, 0) is 14.3 Å². The minimum Gasteiger partial charge on any atom is -0.381 e. The highest BCUT2D eigenvalue weighted by molar-refractivity contribution is 5.93. The Morgan fingerprint density at radius 3 is 2.67 bits per heavy atom. The molecule has 8 heteroatoms. The molecule has 5 rings (SSSR count). The molecular weight excluding hydrogens is 454 g/mol. The molecule has 2 aliphatic heterocycles. The molecule has 2 aromatic heterocycles. The van der Waals surface area contributed by atoms with Gasteiger partial charge >= 0.3 is 0 Å². The van der Waals surface area contributed by atoms with Gasteiger partial charge in [0.2, 0.25) is 11.8 Å². The third-order valence-corrected chi connectivity index (χ3v) is 7.63. The Kier molecular flexibility index (Phi) is 7.34. The molecule has 8 nitrogen and oxygen atoms in total. The van der Waals surface area contributed by atoms with Crippen molar-refractivity contribution < 1.29 is 14.3 Å². The van der Waals surface area contributed by atoms with Crippen molar-refractivity contribution in [1.82, 2.24) is 25.5 Å². The van der Waals surface area contributed by atoms with Gasteiger partial charge in [-0.25, -0.2) is 0 Å². The van der Waals surface area contributed by atoms with Crippen LogP contribution in [0.25, 0.3) is 22.2 Å². The average molecular weight is 490 g/mol. The lowest BCUT2D eigenvalue weighted by Crippen LogP contribution is -2.56. The summed E-state index contributed by atoms with van der Waals surface area (Å²) in [5, 5.41) is 7.13. The van der Waals surface area contributed by atoms with Crippen molar-refractivity contribution in [1.29, 1.82) is 0 Å². The molecule has 0 unspecified atom stereocenters. The van der Waals surface area contributed by atoms with Crippen molar-refractivity contribution in [3.63, 3.8) is 0 Å². The van der Waals surface area contributed by atoms with E-state index in [1.165, 1.54) is 0 Å². The molecule has 2 fully saturated rings. The van der Waals surface area contributed by atoms with E-state index >= 15 is 0 Å². The highest BCUT2D eigenvalue weighted by Gasteiger charge is 2.39. The number of aromatic amines is 1. The van der Waals surface area contributed by atoms with Crippen LogP contribution in [0.4, 0.5) is 0 Å². The number of carbonyl (C=O) groups is 2. The van der Waals surface area contributed by atoms with Crippen molar-refractivity contribution >= 4 is 22.7 Å². The van der Waals surface area contributed by atoms with Crippen LogP contribution in [0.5, 0.6) is 0 Å². The van der Waals surface area contributed by atoms with E-state index in [1.54, 1.807) is 7.05 Å². The zero-order valence-corrected chi connectivity index (χ0v) is 21.0. The van der Waals surface area contributed by atoms with Gasteiger partial charge in [-0.3, -0.25) is 14.6 Å². The number of aromatic nitrogens is 2. The van der Waals surface area contributed by atoms with Crippen LogP contribution in [0, 0.1) is 5.92 Å². The summed E-state index contributed by atoms with van der Waals surface area (Å²) in [5.41, 5.74) is 3.96. The number of likely N-dealkylation sites (tertiary alicyclic amines) is 1. The SMILES string of the molecule is CN[C@@H](C)C(=O)N[C@H](C(=O)N1CCC[C@H]1c1cc2ccnc(-c3ccccc3)c2[nH]1)C1CCOCC1. The van der Waals surface area contributed by atoms with Crippen molar-refractivity contribution in [3.8, 4) is 11.3 Å². The molecule has 2 amide bonds. The molecule has 0 bridgehead atoms. The third kappa shape index (κ3) is 4.88. The minimum atomic E-state index is -0.552. The standard InChI is InChI=1S/C28H35N5O3/c1-18(29-2)27(34)32-26(20-11-15-36-16-12-20)28(35)33-14-6-9-23(33)22-17-21-10-13-30-24(25(21)31-22)19-7-4-3-5-8-19/h3-5,7-8,10,13,17-18,20,23,26,29,31H,6,9,11-12,14-16H2,1-2H3,(H,32,34)/t18-,23-,26-/m0/s1. The van der Waals surface area contributed by atoms with E-state index in [1.807, 2.05) is 42.3 Å². The molecule has 2 saturated heterocycles. The van der Waals surface area contributed by atoms with E-state index in [2.05, 4.69) is 38.8 Å². The minimum absolute atomic E-state index is 0.00103. The number of rotatable bonds is 7. The van der Waals surface area contributed by atoms with E-state index in [0.717, 1.165) is 53.5 Å². The molecule has 1 aromatic carbocycles. The number of likely N-dealkylation sites (N-methyl/N-ethyl adjacent to an activating group) is 1. The normalized spacial score (nSPS) is 20.4. The fourth-order valence-corrected chi connectivity index (χ4v) is 5.44. The second-order valence-electron chi connectivity index (χ2n) is 9.85. The number of fused-ring (bicyclic) bond motifs is 1. The summed E-state index contributed by atoms with van der Waals surface area (Å²) in [4.78, 5) is 37.0. The number of benzene rings is 1. The molecule has 3 atom stereocenters. The molecule has 3 N–H and O–H groups in total. The second kappa shape index (κ2) is 10.8. The number of amides is 2. The van der Waals surface area contributed by atoms with Gasteiger partial charge in [0, 0.05) is 42.6 Å². The van der Waals surface area contributed by atoms with Crippen molar-refractivity contribution in [2.75, 3.05) is 26.8 Å². The van der Waals surface area contributed by atoms with Crippen LogP contribution >= 0.6 is 0 Å². The first-order chi connectivity index (χ1) is 17.6. The summed E-state index contributed by atoms with van der Waals surface area (Å²) in [6.07, 6.45) is 5.17. The second-order valence-corrected chi connectivity index (χ2v) is 9.85. The zero-order chi connectivity index (χ0) is 25.1. The number of pyridine rings is 1. The quantitative estimate of drug-likeness (QED) is 0.472. The molecule has 4 heterocycles. The fourth-order valence-electron chi connectivity index (χ4n) is 5.44. The highest BCUT2D eigenvalue weighted by Crippen LogP contribution is 2.36. The lowest BCUT2D eigenvalue weighted by molar-refractivity contribution is -0.140. The Bertz CT molecular complexity index is 1200. The predicted molar refractivity (Wildman–Crippen MR) is 139 cm³/mol. The molecular formula is C28H35N5O3. The van der Waals surface area contributed by atoms with Crippen LogP contribution in [-0.4, -0.2) is 65.6 Å². The van der Waals surface area contributed by atoms with Gasteiger partial charge in [-0.05, 0) is 57.7 Å². The first kappa shape index (κ1) is 24.5. The van der Waals surface area contributed by atoms with E-state index in [4.69, 9.17) is 4.74 Å². The Morgan fingerprint density at radius 2 is 1.92 bits per heavy atom. The van der Waals surface area contributed by atoms with Crippen LogP contribution in [0.2, 0.25) is 0 Å². The number of nitrogens with one attached hydrogen (secondary N) is 3. The van der Waals surface area contributed by atoms with Gasteiger partial charge in [-0.15, -0.1) is 0 Å². The summed E-state index contributed by atoms with van der Waals surface area (Å²) in [6.45, 7) is 3.72. The molecule has 0 saturated carbocycles. The van der Waals surface area contributed by atoms with Gasteiger partial charge in [-0.1, -0.05) is 30.3 Å². The van der Waals surface area contributed by atoms with Crippen molar-refractivity contribution in [3.05, 3.63) is 54.4 Å². The van der Waals surface area contributed by atoms with Crippen LogP contribution < -0.4 is 10.6 Å². The number of hydrogen-bond donors (Lipinski definition) is 3. The first-order valence-corrected chi connectivity index (χ1v) is 13.0. The highest BCUT2D eigenvalue weighted by atomic mass is 16.5. The summed E-state index contributed by atoms with van der Waals surface area (Å²) in [7, 11) is 1.75. The number of nitrogens with zero attached hydrogens (tertiary/aromatic N) is 2. The smallest absolute Gasteiger partial charge is 0.246 e. The number of ether oxygens (including phenoxy) is 1. The first-order valence-electron chi connectivity index (χ1n) is 13.0. The van der Waals surface area contributed by atoms with E-state index < -0.39 is 6.04 Å². The van der Waals surface area contributed by atoms with Gasteiger partial charge < -0.3 is 25.3 Å². The van der Waals surface area contributed by atoms with Gasteiger partial charge in [0.05, 0.1) is 23.3 Å². The Morgan fingerprint density at radius 1 is 1.14 bits per heavy atom. The van der Waals surface area contributed by atoms with Gasteiger partial charge in [-0.2, -0.15) is 0 Å². The fraction of sp³-hybridized carbons (Fsp3) is 0.464. The Labute approximate surface area is 211 Å². The molecule has 3 aromatic rings. The Hall–Kier alpha value is -3.23. The monoisotopic (exact) mass is 489 g/mol. The third-order valence-electron chi connectivity index (χ3n) is 7.63. The van der Waals surface area contributed by atoms with Crippen LogP contribution in [0.3, 0.4) is 0 Å². The number of H-pyrrole nitrogens is 1. The summed E-state index contributed by atoms with van der Waals surface area (Å²) < 4.78 is 5.54. The van der Waals surface area contributed by atoms with E-state index in [9.17, 15) is 9.59 Å². The van der Waals surface area contributed by atoms with Gasteiger partial charge in [0.15, 0.2) is 0 Å². The molecule has 36 heavy (non-hydrogen) atoms.